The van der Waals surface area contributed by atoms with Crippen molar-refractivity contribution in [3.63, 3.8) is 0 Å². The number of halogens is 2. The molecule has 0 fully saturated rings. The van der Waals surface area contributed by atoms with Gasteiger partial charge in [-0.2, -0.15) is 4.31 Å². The molecule has 0 heterocycles. The number of methoxy groups -OCH3 is 1. The molecule has 0 aliphatic heterocycles. The molecule has 1 N–H and O–H groups in total. The number of rotatable bonds is 8. The van der Waals surface area contributed by atoms with Gasteiger partial charge in [0.2, 0.25) is 10.0 Å². The molecule has 0 unspecified atom stereocenters. The van der Waals surface area contributed by atoms with Crippen LogP contribution in [0.1, 0.15) is 34.5 Å². The Hall–Kier alpha value is -2.94. The van der Waals surface area contributed by atoms with E-state index in [1.807, 2.05) is 0 Å². The fourth-order valence-corrected chi connectivity index (χ4v) is 4.54. The molecule has 0 bridgehead atoms. The molecular formula is C24H24ClFN2O4S. The Morgan fingerprint density at radius 1 is 1.09 bits per heavy atom. The van der Waals surface area contributed by atoms with Crippen molar-refractivity contribution in [2.24, 2.45) is 0 Å². The first-order valence-electron chi connectivity index (χ1n) is 10.1. The van der Waals surface area contributed by atoms with E-state index in [2.05, 4.69) is 5.32 Å². The number of carbonyl (C=O) groups excluding carboxylic acids is 1. The fraction of sp³-hybridized carbons (Fsp3) is 0.208. The number of hydrogen-bond acceptors (Lipinski definition) is 4. The van der Waals surface area contributed by atoms with Crippen molar-refractivity contribution in [1.29, 1.82) is 0 Å². The van der Waals surface area contributed by atoms with Gasteiger partial charge in [0.25, 0.3) is 5.91 Å². The molecule has 0 aliphatic rings. The third-order valence-corrected chi connectivity index (χ3v) is 7.24. The summed E-state index contributed by atoms with van der Waals surface area (Å²) in [6.07, 6.45) is 0. The summed E-state index contributed by atoms with van der Waals surface area (Å²) in [5.74, 6) is -0.245. The summed E-state index contributed by atoms with van der Waals surface area (Å²) >= 11 is 5.86. The summed E-state index contributed by atoms with van der Waals surface area (Å²) < 4.78 is 45.6. The summed E-state index contributed by atoms with van der Waals surface area (Å²) in [5.41, 5.74) is 1.63. The number of hydrogen-bond donors (Lipinski definition) is 1. The van der Waals surface area contributed by atoms with Crippen LogP contribution >= 0.6 is 11.6 Å². The molecule has 0 spiro atoms. The lowest BCUT2D eigenvalue weighted by molar-refractivity contribution is 0.0939. The molecule has 0 aliphatic carbocycles. The molecule has 0 radical (unpaired) electrons. The maximum absolute atomic E-state index is 13.2. The van der Waals surface area contributed by atoms with Gasteiger partial charge in [0, 0.05) is 29.7 Å². The van der Waals surface area contributed by atoms with Crippen LogP contribution in [0.15, 0.2) is 71.6 Å². The van der Waals surface area contributed by atoms with Crippen LogP contribution in [0.5, 0.6) is 5.75 Å². The zero-order chi connectivity index (χ0) is 24.2. The van der Waals surface area contributed by atoms with E-state index < -0.39 is 10.0 Å². The Morgan fingerprint density at radius 3 is 2.33 bits per heavy atom. The number of amides is 1. The average molecular weight is 491 g/mol. The van der Waals surface area contributed by atoms with Crippen LogP contribution in [-0.4, -0.2) is 32.8 Å². The molecule has 6 nitrogen and oxygen atoms in total. The van der Waals surface area contributed by atoms with E-state index in [0.717, 1.165) is 5.56 Å². The van der Waals surface area contributed by atoms with E-state index in [9.17, 15) is 17.6 Å². The van der Waals surface area contributed by atoms with Crippen molar-refractivity contribution in [3.05, 3.63) is 94.3 Å². The molecular weight excluding hydrogens is 467 g/mol. The molecule has 33 heavy (non-hydrogen) atoms. The van der Waals surface area contributed by atoms with Crippen LogP contribution in [0.4, 0.5) is 4.39 Å². The lowest BCUT2D eigenvalue weighted by Crippen LogP contribution is -2.28. The van der Waals surface area contributed by atoms with Gasteiger partial charge in [-0.1, -0.05) is 23.7 Å². The smallest absolute Gasteiger partial charge is 0.251 e. The summed E-state index contributed by atoms with van der Waals surface area (Å²) in [4.78, 5) is 12.9. The standard InChI is InChI=1S/C24H24ClFN2O4S/c1-16(17-4-9-21(26)10-5-17)27-24(29)18-6-13-23(32-3)19(14-18)15-28(2)33(30,31)22-11-7-20(25)8-12-22/h4-14,16H,15H2,1-3H3,(H,27,29)/t16-/m1/s1. The van der Waals surface area contributed by atoms with Crippen molar-refractivity contribution >= 4 is 27.5 Å². The maximum Gasteiger partial charge on any atom is 0.251 e. The van der Waals surface area contributed by atoms with Crippen LogP contribution in [0.25, 0.3) is 0 Å². The minimum Gasteiger partial charge on any atom is -0.496 e. The number of nitrogens with zero attached hydrogens (tertiary/aromatic N) is 1. The van der Waals surface area contributed by atoms with E-state index in [1.54, 1.807) is 37.3 Å². The zero-order valence-electron chi connectivity index (χ0n) is 18.4. The highest BCUT2D eigenvalue weighted by Crippen LogP contribution is 2.25. The van der Waals surface area contributed by atoms with Crippen LogP contribution in [0.2, 0.25) is 5.02 Å². The summed E-state index contributed by atoms with van der Waals surface area (Å²) in [5, 5.41) is 3.30. The normalized spacial score (nSPS) is 12.4. The lowest BCUT2D eigenvalue weighted by Gasteiger charge is -2.20. The zero-order valence-corrected chi connectivity index (χ0v) is 20.0. The topological polar surface area (TPSA) is 75.7 Å². The summed E-state index contributed by atoms with van der Waals surface area (Å²) in [6, 6.07) is 16.2. The van der Waals surface area contributed by atoms with Crippen molar-refractivity contribution in [3.8, 4) is 5.75 Å². The van der Waals surface area contributed by atoms with E-state index in [0.29, 0.717) is 21.9 Å². The van der Waals surface area contributed by atoms with Gasteiger partial charge in [0.15, 0.2) is 0 Å². The molecule has 0 saturated carbocycles. The summed E-state index contributed by atoms with van der Waals surface area (Å²) in [6.45, 7) is 1.78. The average Bonchev–Trinajstić information content (AvgIpc) is 2.79. The molecule has 1 atom stereocenters. The quantitative estimate of drug-likeness (QED) is 0.492. The molecule has 3 aromatic carbocycles. The van der Waals surface area contributed by atoms with Gasteiger partial charge in [-0.15, -0.1) is 0 Å². The molecule has 0 saturated heterocycles. The Balaban J connectivity index is 1.80. The number of carbonyl (C=O) groups is 1. The second kappa shape index (κ2) is 10.3. The maximum atomic E-state index is 13.2. The van der Waals surface area contributed by atoms with Gasteiger partial charge in [0.05, 0.1) is 18.0 Å². The minimum atomic E-state index is -3.78. The van der Waals surface area contributed by atoms with Crippen molar-refractivity contribution in [2.45, 2.75) is 24.4 Å². The van der Waals surface area contributed by atoms with Crippen molar-refractivity contribution in [1.82, 2.24) is 9.62 Å². The molecule has 174 valence electrons. The van der Waals surface area contributed by atoms with E-state index >= 15 is 0 Å². The second-order valence-electron chi connectivity index (χ2n) is 7.49. The number of benzene rings is 3. The highest BCUT2D eigenvalue weighted by Gasteiger charge is 2.23. The van der Waals surface area contributed by atoms with E-state index in [-0.39, 0.29) is 29.2 Å². The first kappa shape index (κ1) is 24.7. The monoisotopic (exact) mass is 490 g/mol. The number of ether oxygens (including phenoxy) is 1. The predicted molar refractivity (Wildman–Crippen MR) is 125 cm³/mol. The van der Waals surface area contributed by atoms with Gasteiger partial charge in [-0.3, -0.25) is 4.79 Å². The van der Waals surface area contributed by atoms with E-state index in [1.165, 1.54) is 54.9 Å². The van der Waals surface area contributed by atoms with Crippen molar-refractivity contribution < 1.29 is 22.3 Å². The van der Waals surface area contributed by atoms with Crippen LogP contribution in [0.3, 0.4) is 0 Å². The Labute approximate surface area is 198 Å². The predicted octanol–water partition coefficient (Wildman–Crippen LogP) is 4.80. The number of nitrogens with one attached hydrogen (secondary N) is 1. The molecule has 9 heteroatoms. The minimum absolute atomic E-state index is 0.0111. The third kappa shape index (κ3) is 5.90. The molecule has 3 rings (SSSR count). The largest absolute Gasteiger partial charge is 0.496 e. The fourth-order valence-electron chi connectivity index (χ4n) is 3.27. The SMILES string of the molecule is COc1ccc(C(=O)N[C@H](C)c2ccc(F)cc2)cc1CN(C)S(=O)(=O)c1ccc(Cl)cc1. The highest BCUT2D eigenvalue weighted by molar-refractivity contribution is 7.89. The highest BCUT2D eigenvalue weighted by atomic mass is 35.5. The van der Waals surface area contributed by atoms with Crippen LogP contribution in [0, 0.1) is 5.82 Å². The first-order valence-corrected chi connectivity index (χ1v) is 11.9. The van der Waals surface area contributed by atoms with Gasteiger partial charge in [-0.05, 0) is 67.1 Å². The number of sulfonamides is 1. The van der Waals surface area contributed by atoms with Gasteiger partial charge in [0.1, 0.15) is 11.6 Å². The van der Waals surface area contributed by atoms with Crippen LogP contribution in [-0.2, 0) is 16.6 Å². The van der Waals surface area contributed by atoms with Gasteiger partial charge >= 0.3 is 0 Å². The Morgan fingerprint density at radius 2 is 1.73 bits per heavy atom. The second-order valence-corrected chi connectivity index (χ2v) is 9.97. The Kier molecular flexibility index (Phi) is 7.73. The Bertz CT molecular complexity index is 1230. The summed E-state index contributed by atoms with van der Waals surface area (Å²) in [7, 11) is -0.856. The van der Waals surface area contributed by atoms with Gasteiger partial charge < -0.3 is 10.1 Å². The van der Waals surface area contributed by atoms with Crippen LogP contribution < -0.4 is 10.1 Å². The first-order chi connectivity index (χ1) is 15.6. The van der Waals surface area contributed by atoms with Gasteiger partial charge in [-0.25, -0.2) is 12.8 Å². The van der Waals surface area contributed by atoms with E-state index in [4.69, 9.17) is 16.3 Å². The van der Waals surface area contributed by atoms with Crippen molar-refractivity contribution in [2.75, 3.05) is 14.2 Å². The molecule has 0 aromatic heterocycles. The third-order valence-electron chi connectivity index (χ3n) is 5.18. The molecule has 3 aromatic rings. The lowest BCUT2D eigenvalue weighted by atomic mass is 10.1. The molecule has 1 amide bonds.